The summed E-state index contributed by atoms with van der Waals surface area (Å²) in [7, 11) is 0. The molecule has 3 nitrogen and oxygen atoms in total. The van der Waals surface area contributed by atoms with Crippen LogP contribution in [-0.2, 0) is 0 Å². The van der Waals surface area contributed by atoms with Gasteiger partial charge in [-0.1, -0.05) is 24.2 Å². The Kier molecular flexibility index (Phi) is 3.34. The van der Waals surface area contributed by atoms with Gasteiger partial charge < -0.3 is 10.6 Å². The van der Waals surface area contributed by atoms with Crippen molar-refractivity contribution in [1.82, 2.24) is 5.32 Å². The zero-order chi connectivity index (χ0) is 9.68. The molecule has 0 bridgehead atoms. The summed E-state index contributed by atoms with van der Waals surface area (Å²) in [6, 6.07) is 6.56. The molecule has 0 heterocycles. The van der Waals surface area contributed by atoms with Gasteiger partial charge in [0.1, 0.15) is 0 Å². The van der Waals surface area contributed by atoms with Crippen LogP contribution in [0.2, 0.25) is 5.02 Å². The van der Waals surface area contributed by atoms with E-state index < -0.39 is 0 Å². The molecule has 0 aliphatic heterocycles. The van der Waals surface area contributed by atoms with Crippen molar-refractivity contribution >= 4 is 23.3 Å². The van der Waals surface area contributed by atoms with E-state index in [-0.39, 0.29) is 6.03 Å². The summed E-state index contributed by atoms with van der Waals surface area (Å²) in [5, 5.41) is 5.54. The first-order valence-corrected chi connectivity index (χ1v) is 4.04. The number of anilines is 1. The molecule has 0 fully saturated rings. The smallest absolute Gasteiger partial charge is 0.315 e. The molecule has 0 saturated carbocycles. The molecule has 13 heavy (non-hydrogen) atoms. The maximum atomic E-state index is 11.0. The van der Waals surface area contributed by atoms with Crippen molar-refractivity contribution in [2.24, 2.45) is 0 Å². The van der Waals surface area contributed by atoms with Gasteiger partial charge in [-0.25, -0.2) is 4.79 Å². The Labute approximate surface area is 81.4 Å². The molecule has 0 aliphatic rings. The highest BCUT2D eigenvalue weighted by atomic mass is 35.5. The van der Waals surface area contributed by atoms with E-state index in [2.05, 4.69) is 17.2 Å². The maximum Gasteiger partial charge on any atom is 0.323 e. The van der Waals surface area contributed by atoms with E-state index in [1.807, 2.05) is 0 Å². The topological polar surface area (TPSA) is 41.1 Å². The fourth-order valence-electron chi connectivity index (χ4n) is 0.826. The summed E-state index contributed by atoms with van der Waals surface area (Å²) in [5.74, 6) is 0. The lowest BCUT2D eigenvalue weighted by Crippen LogP contribution is -2.23. The highest BCUT2D eigenvalue weighted by Crippen LogP contribution is 2.14. The normalized spacial score (nSPS) is 9.00. The zero-order valence-corrected chi connectivity index (χ0v) is 7.64. The van der Waals surface area contributed by atoms with Gasteiger partial charge in [0.2, 0.25) is 0 Å². The summed E-state index contributed by atoms with van der Waals surface area (Å²) in [4.78, 5) is 11.0. The predicted octanol–water partition coefficient (Wildman–Crippen LogP) is 2.61. The van der Waals surface area contributed by atoms with E-state index >= 15 is 0 Å². The summed E-state index contributed by atoms with van der Waals surface area (Å²) in [6.07, 6.45) is 1.31. The minimum Gasteiger partial charge on any atom is -0.315 e. The molecule has 0 aromatic heterocycles. The van der Waals surface area contributed by atoms with Crippen molar-refractivity contribution in [3.63, 3.8) is 0 Å². The number of hydrogen-bond donors (Lipinski definition) is 2. The van der Waals surface area contributed by atoms with E-state index in [1.165, 1.54) is 6.20 Å². The van der Waals surface area contributed by atoms with Crippen LogP contribution in [0.15, 0.2) is 37.0 Å². The molecule has 0 spiro atoms. The van der Waals surface area contributed by atoms with Gasteiger partial charge in [0.25, 0.3) is 0 Å². The lowest BCUT2D eigenvalue weighted by molar-refractivity contribution is 0.255. The molecular formula is C9H9ClN2O. The number of halogens is 1. The molecule has 0 atom stereocenters. The molecule has 0 radical (unpaired) electrons. The van der Waals surface area contributed by atoms with Gasteiger partial charge in [-0.3, -0.25) is 0 Å². The Morgan fingerprint density at radius 3 is 2.92 bits per heavy atom. The fraction of sp³-hybridized carbons (Fsp3) is 0. The fourth-order valence-corrected chi connectivity index (χ4v) is 1.02. The standard InChI is InChI=1S/C9H9ClN2O/c1-2-11-9(13)12-8-5-3-4-7(10)6-8/h2-6H,1H2,(H2,11,12,13). The number of carbonyl (C=O) groups is 1. The van der Waals surface area contributed by atoms with Crippen LogP contribution in [0.1, 0.15) is 0 Å². The number of urea groups is 1. The summed E-state index contributed by atoms with van der Waals surface area (Å²) in [6.45, 7) is 3.36. The lowest BCUT2D eigenvalue weighted by Gasteiger charge is -2.03. The number of hydrogen-bond acceptors (Lipinski definition) is 1. The molecule has 2 N–H and O–H groups in total. The van der Waals surface area contributed by atoms with E-state index in [0.29, 0.717) is 10.7 Å². The molecule has 4 heteroatoms. The predicted molar refractivity (Wildman–Crippen MR) is 53.8 cm³/mol. The van der Waals surface area contributed by atoms with Crippen molar-refractivity contribution in [1.29, 1.82) is 0 Å². The Balaban J connectivity index is 2.63. The average molecular weight is 197 g/mol. The first-order valence-electron chi connectivity index (χ1n) is 3.66. The molecule has 2 amide bonds. The third-order valence-electron chi connectivity index (χ3n) is 1.32. The summed E-state index contributed by atoms with van der Waals surface area (Å²) >= 11 is 5.71. The SMILES string of the molecule is C=CNC(=O)Nc1cccc(Cl)c1. The van der Waals surface area contributed by atoms with Crippen LogP contribution in [0.3, 0.4) is 0 Å². The minimum atomic E-state index is -0.336. The maximum absolute atomic E-state index is 11.0. The minimum absolute atomic E-state index is 0.336. The van der Waals surface area contributed by atoms with Gasteiger partial charge in [-0.15, -0.1) is 0 Å². The number of amides is 2. The van der Waals surface area contributed by atoms with Gasteiger partial charge in [0.15, 0.2) is 0 Å². The Morgan fingerprint density at radius 1 is 1.54 bits per heavy atom. The first kappa shape index (κ1) is 9.61. The lowest BCUT2D eigenvalue weighted by atomic mass is 10.3. The van der Waals surface area contributed by atoms with Crippen LogP contribution in [0, 0.1) is 0 Å². The van der Waals surface area contributed by atoms with Gasteiger partial charge in [-0.05, 0) is 24.4 Å². The summed E-state index contributed by atoms with van der Waals surface area (Å²) in [5.41, 5.74) is 0.645. The van der Waals surface area contributed by atoms with Gasteiger partial charge in [-0.2, -0.15) is 0 Å². The highest BCUT2D eigenvalue weighted by Gasteiger charge is 1.98. The van der Waals surface area contributed by atoms with Crippen LogP contribution in [0.25, 0.3) is 0 Å². The quantitative estimate of drug-likeness (QED) is 0.750. The highest BCUT2D eigenvalue weighted by molar-refractivity contribution is 6.30. The van der Waals surface area contributed by atoms with Crippen molar-refractivity contribution in [3.8, 4) is 0 Å². The monoisotopic (exact) mass is 196 g/mol. The van der Waals surface area contributed by atoms with E-state index in [4.69, 9.17) is 11.6 Å². The van der Waals surface area contributed by atoms with Crippen LogP contribution >= 0.6 is 11.6 Å². The zero-order valence-electron chi connectivity index (χ0n) is 6.88. The van der Waals surface area contributed by atoms with Crippen molar-refractivity contribution in [2.45, 2.75) is 0 Å². The van der Waals surface area contributed by atoms with E-state index in [9.17, 15) is 4.79 Å². The molecule has 1 aromatic carbocycles. The second kappa shape index (κ2) is 4.52. The third-order valence-corrected chi connectivity index (χ3v) is 1.55. The van der Waals surface area contributed by atoms with Gasteiger partial charge >= 0.3 is 6.03 Å². The molecule has 0 saturated heterocycles. The third kappa shape index (κ3) is 3.17. The van der Waals surface area contributed by atoms with Crippen LogP contribution in [0.5, 0.6) is 0 Å². The van der Waals surface area contributed by atoms with Crippen molar-refractivity contribution < 1.29 is 4.79 Å². The van der Waals surface area contributed by atoms with E-state index in [0.717, 1.165) is 0 Å². The number of nitrogens with one attached hydrogen (secondary N) is 2. The largest absolute Gasteiger partial charge is 0.323 e. The number of carbonyl (C=O) groups excluding carboxylic acids is 1. The molecule has 68 valence electrons. The van der Waals surface area contributed by atoms with Crippen molar-refractivity contribution in [2.75, 3.05) is 5.32 Å². The van der Waals surface area contributed by atoms with Crippen LogP contribution in [-0.4, -0.2) is 6.03 Å². The van der Waals surface area contributed by atoms with Crippen molar-refractivity contribution in [3.05, 3.63) is 42.1 Å². The van der Waals surface area contributed by atoms with Crippen LogP contribution in [0.4, 0.5) is 10.5 Å². The van der Waals surface area contributed by atoms with Crippen LogP contribution < -0.4 is 10.6 Å². The second-order valence-corrected chi connectivity index (χ2v) is 2.75. The second-order valence-electron chi connectivity index (χ2n) is 2.31. The summed E-state index contributed by atoms with van der Waals surface area (Å²) < 4.78 is 0. The molecule has 1 rings (SSSR count). The number of benzene rings is 1. The molecule has 1 aromatic rings. The average Bonchev–Trinajstić information content (AvgIpc) is 2.04. The molecular weight excluding hydrogens is 188 g/mol. The van der Waals surface area contributed by atoms with E-state index in [1.54, 1.807) is 24.3 Å². The first-order chi connectivity index (χ1) is 6.22. The molecule has 0 aliphatic carbocycles. The van der Waals surface area contributed by atoms with Gasteiger partial charge in [0, 0.05) is 10.7 Å². The number of rotatable bonds is 2. The Bertz CT molecular complexity index is 325. The Hall–Kier alpha value is -1.48. The molecule has 0 unspecified atom stereocenters. The van der Waals surface area contributed by atoms with Gasteiger partial charge in [0.05, 0.1) is 0 Å². The Morgan fingerprint density at radius 2 is 2.31 bits per heavy atom.